The highest BCUT2D eigenvalue weighted by atomic mass is 16.2. The van der Waals surface area contributed by atoms with Crippen molar-refractivity contribution in [3.8, 4) is 0 Å². The van der Waals surface area contributed by atoms with Gasteiger partial charge in [-0.15, -0.1) is 0 Å². The van der Waals surface area contributed by atoms with E-state index in [1.807, 2.05) is 0 Å². The van der Waals surface area contributed by atoms with Gasteiger partial charge in [-0.05, 0) is 18.9 Å². The van der Waals surface area contributed by atoms with E-state index in [-0.39, 0.29) is 11.9 Å². The number of hydrogen-bond acceptors (Lipinski definition) is 6. The molecule has 0 bridgehead atoms. The van der Waals surface area contributed by atoms with Crippen molar-refractivity contribution in [2.24, 2.45) is 0 Å². The molecule has 0 aromatic carbocycles. The van der Waals surface area contributed by atoms with E-state index in [4.69, 9.17) is 0 Å². The molecule has 0 radical (unpaired) electrons. The molecule has 7 nitrogen and oxygen atoms in total. The summed E-state index contributed by atoms with van der Waals surface area (Å²) in [6.45, 7) is 1.61. The number of anilines is 1. The maximum absolute atomic E-state index is 12.1. The lowest BCUT2D eigenvalue weighted by molar-refractivity contribution is 0.0927. The zero-order valence-corrected chi connectivity index (χ0v) is 11.5. The minimum Gasteiger partial charge on any atom is -0.346 e. The molecule has 7 heteroatoms. The molecule has 1 fully saturated rings. The van der Waals surface area contributed by atoms with E-state index < -0.39 is 0 Å². The third-order valence-corrected chi connectivity index (χ3v) is 3.39. The summed E-state index contributed by atoms with van der Waals surface area (Å²) in [6, 6.07) is 1.86. The van der Waals surface area contributed by atoms with Crippen LogP contribution in [0.4, 0.5) is 5.95 Å². The Morgan fingerprint density at radius 1 is 1.19 bits per heavy atom. The van der Waals surface area contributed by atoms with Crippen LogP contribution in [0.25, 0.3) is 0 Å². The summed E-state index contributed by atoms with van der Waals surface area (Å²) in [7, 11) is 0. The Labute approximate surface area is 122 Å². The van der Waals surface area contributed by atoms with E-state index in [1.165, 1.54) is 12.4 Å². The molecule has 1 aliphatic heterocycles. The van der Waals surface area contributed by atoms with E-state index in [0.29, 0.717) is 18.2 Å². The normalized spacial score (nSPS) is 18.3. The SMILES string of the molecule is O=C(NC1CCCN(c2ncccn2)C1)c1cnccn1. The molecule has 3 rings (SSSR count). The highest BCUT2D eigenvalue weighted by molar-refractivity contribution is 5.92. The van der Waals surface area contributed by atoms with Gasteiger partial charge in [-0.2, -0.15) is 0 Å². The maximum atomic E-state index is 12.1. The Morgan fingerprint density at radius 3 is 2.81 bits per heavy atom. The van der Waals surface area contributed by atoms with Gasteiger partial charge in [0.15, 0.2) is 0 Å². The molecule has 1 aliphatic rings. The van der Waals surface area contributed by atoms with E-state index in [1.54, 1.807) is 24.7 Å². The van der Waals surface area contributed by atoms with Crippen LogP contribution in [0.1, 0.15) is 23.3 Å². The number of nitrogens with one attached hydrogen (secondary N) is 1. The van der Waals surface area contributed by atoms with E-state index in [9.17, 15) is 4.79 Å². The summed E-state index contributed by atoms with van der Waals surface area (Å²) >= 11 is 0. The van der Waals surface area contributed by atoms with Crippen LogP contribution in [0.2, 0.25) is 0 Å². The topological polar surface area (TPSA) is 83.9 Å². The average molecular weight is 284 g/mol. The van der Waals surface area contributed by atoms with Crippen molar-refractivity contribution in [1.82, 2.24) is 25.3 Å². The molecule has 0 spiro atoms. The second kappa shape index (κ2) is 6.25. The minimum absolute atomic E-state index is 0.0667. The smallest absolute Gasteiger partial charge is 0.271 e. The van der Waals surface area contributed by atoms with Gasteiger partial charge in [0.05, 0.1) is 6.20 Å². The van der Waals surface area contributed by atoms with Crippen LogP contribution in [0.15, 0.2) is 37.1 Å². The first-order chi connectivity index (χ1) is 10.3. The Morgan fingerprint density at radius 2 is 2.05 bits per heavy atom. The Hall–Kier alpha value is -2.57. The second-order valence-corrected chi connectivity index (χ2v) is 4.90. The lowest BCUT2D eigenvalue weighted by atomic mass is 10.1. The minimum atomic E-state index is -0.191. The summed E-state index contributed by atoms with van der Waals surface area (Å²) in [4.78, 5) is 30.6. The fourth-order valence-corrected chi connectivity index (χ4v) is 2.41. The molecular formula is C14H16N6O. The van der Waals surface area contributed by atoms with Crippen molar-refractivity contribution in [3.05, 3.63) is 42.7 Å². The monoisotopic (exact) mass is 284 g/mol. The highest BCUT2D eigenvalue weighted by Crippen LogP contribution is 2.15. The molecule has 1 amide bonds. The molecule has 1 saturated heterocycles. The number of aromatic nitrogens is 4. The molecule has 0 aliphatic carbocycles. The Kier molecular flexibility index (Phi) is 3.99. The number of carbonyl (C=O) groups excluding carboxylic acids is 1. The summed E-state index contributed by atoms with van der Waals surface area (Å²) in [6.07, 6.45) is 9.91. The van der Waals surface area contributed by atoms with Crippen molar-refractivity contribution in [3.63, 3.8) is 0 Å². The number of rotatable bonds is 3. The van der Waals surface area contributed by atoms with Crippen LogP contribution in [-0.4, -0.2) is 45.0 Å². The summed E-state index contributed by atoms with van der Waals surface area (Å²) < 4.78 is 0. The third-order valence-electron chi connectivity index (χ3n) is 3.39. The Bertz CT molecular complexity index is 591. The lowest BCUT2D eigenvalue weighted by Crippen LogP contribution is -2.48. The van der Waals surface area contributed by atoms with Crippen molar-refractivity contribution in [1.29, 1.82) is 0 Å². The predicted octanol–water partition coefficient (Wildman–Crippen LogP) is 0.665. The summed E-state index contributed by atoms with van der Waals surface area (Å²) in [5, 5.41) is 3.00. The molecule has 2 aromatic rings. The first-order valence-corrected chi connectivity index (χ1v) is 6.92. The predicted molar refractivity (Wildman–Crippen MR) is 76.8 cm³/mol. The van der Waals surface area contributed by atoms with Crippen LogP contribution >= 0.6 is 0 Å². The largest absolute Gasteiger partial charge is 0.346 e. The fourth-order valence-electron chi connectivity index (χ4n) is 2.41. The highest BCUT2D eigenvalue weighted by Gasteiger charge is 2.23. The maximum Gasteiger partial charge on any atom is 0.271 e. The van der Waals surface area contributed by atoms with E-state index in [2.05, 4.69) is 30.2 Å². The van der Waals surface area contributed by atoms with Crippen molar-refractivity contribution >= 4 is 11.9 Å². The quantitative estimate of drug-likeness (QED) is 0.891. The second-order valence-electron chi connectivity index (χ2n) is 4.90. The number of carbonyl (C=O) groups is 1. The van der Waals surface area contributed by atoms with Crippen molar-refractivity contribution in [2.45, 2.75) is 18.9 Å². The molecule has 1 N–H and O–H groups in total. The average Bonchev–Trinajstić information content (AvgIpc) is 2.57. The summed E-state index contributed by atoms with van der Waals surface area (Å²) in [5.41, 5.74) is 0.339. The van der Waals surface area contributed by atoms with Crippen LogP contribution in [-0.2, 0) is 0 Å². The molecule has 3 heterocycles. The van der Waals surface area contributed by atoms with Gasteiger partial charge >= 0.3 is 0 Å². The first kappa shape index (κ1) is 13.4. The molecule has 1 unspecified atom stereocenters. The molecule has 1 atom stereocenters. The standard InChI is InChI=1S/C14H16N6O/c21-13(12-9-15-6-7-16-12)19-11-3-1-8-20(10-11)14-17-4-2-5-18-14/h2,4-7,9,11H,1,3,8,10H2,(H,19,21). The number of nitrogens with zero attached hydrogens (tertiary/aromatic N) is 5. The molecule has 0 saturated carbocycles. The Balaban J connectivity index is 1.63. The van der Waals surface area contributed by atoms with Crippen molar-refractivity contribution in [2.75, 3.05) is 18.0 Å². The van der Waals surface area contributed by atoms with Gasteiger partial charge < -0.3 is 10.2 Å². The van der Waals surface area contributed by atoms with Crippen LogP contribution in [0.5, 0.6) is 0 Å². The van der Waals surface area contributed by atoms with Gasteiger partial charge in [-0.3, -0.25) is 9.78 Å². The van der Waals surface area contributed by atoms with Gasteiger partial charge in [0.25, 0.3) is 5.91 Å². The lowest BCUT2D eigenvalue weighted by Gasteiger charge is -2.32. The number of amides is 1. The van der Waals surface area contributed by atoms with Gasteiger partial charge in [0.1, 0.15) is 5.69 Å². The van der Waals surface area contributed by atoms with Crippen molar-refractivity contribution < 1.29 is 4.79 Å². The first-order valence-electron chi connectivity index (χ1n) is 6.92. The number of hydrogen-bond donors (Lipinski definition) is 1. The van der Waals surface area contributed by atoms with Crippen LogP contribution in [0, 0.1) is 0 Å². The summed E-state index contributed by atoms with van der Waals surface area (Å²) in [5.74, 6) is 0.514. The van der Waals surface area contributed by atoms with Gasteiger partial charge in [-0.25, -0.2) is 15.0 Å². The van der Waals surface area contributed by atoms with Gasteiger partial charge in [0.2, 0.25) is 5.95 Å². The van der Waals surface area contributed by atoms with E-state index in [0.717, 1.165) is 19.4 Å². The number of piperidine rings is 1. The van der Waals surface area contributed by atoms with Crippen LogP contribution in [0.3, 0.4) is 0 Å². The zero-order chi connectivity index (χ0) is 14.5. The molecule has 108 valence electrons. The fraction of sp³-hybridized carbons (Fsp3) is 0.357. The third kappa shape index (κ3) is 3.31. The van der Waals surface area contributed by atoms with E-state index >= 15 is 0 Å². The zero-order valence-electron chi connectivity index (χ0n) is 11.5. The molecule has 21 heavy (non-hydrogen) atoms. The van der Waals surface area contributed by atoms with Gasteiger partial charge in [-0.1, -0.05) is 0 Å². The van der Waals surface area contributed by atoms with Crippen LogP contribution < -0.4 is 10.2 Å². The van der Waals surface area contributed by atoms with Gasteiger partial charge in [0, 0.05) is 43.9 Å². The molecule has 2 aromatic heterocycles. The molecular weight excluding hydrogens is 268 g/mol.